The number of carboxylic acid groups (broad SMARTS) is 1. The lowest BCUT2D eigenvalue weighted by Gasteiger charge is -2.18. The molecule has 0 heterocycles. The number of unbranched alkanes of at least 4 members (excludes halogenated alkanes) is 21. The van der Waals surface area contributed by atoms with Gasteiger partial charge in [0.25, 0.3) is 0 Å². The SMILES string of the molecule is CCCCC/C=C\C/C=C\C/C=C\C/C=C\CCCCCCCC(=O)OCC(O)COP(=O)(O)OCC(NC(=O)CCCCCCCCC/C=C\CCCCCCCC)C(=O)O. The van der Waals surface area contributed by atoms with Crippen LogP contribution in [0.5, 0.6) is 0 Å². The molecule has 0 aliphatic carbocycles. The lowest BCUT2D eigenvalue weighted by Crippen LogP contribution is -2.43. The molecule has 1 amide bonds. The summed E-state index contributed by atoms with van der Waals surface area (Å²) in [5.41, 5.74) is 0. The standard InChI is InChI=1S/C50H88NO10P/c1-3-5-7-9-11-13-15-17-19-21-22-23-24-26-28-30-32-34-36-38-40-42-49(54)59-43-46(52)44-60-62(57,58)61-45-47(50(55)56)51-48(53)41-39-37-35-33-31-29-27-25-20-18-16-14-12-10-8-6-4-2/h11,13,17-20,22-23,26,28,46-47,52H,3-10,12,14-16,21,24-25,27,29-45H2,1-2H3,(H,51,53)(H,55,56)(H,57,58)/b13-11-,19-17-,20-18-,23-22-,28-26-. The van der Waals surface area contributed by atoms with Crippen LogP contribution in [0.2, 0.25) is 0 Å². The van der Waals surface area contributed by atoms with E-state index in [0.717, 1.165) is 83.5 Å². The van der Waals surface area contributed by atoms with Gasteiger partial charge in [0.1, 0.15) is 12.7 Å². The number of aliphatic hydroxyl groups is 1. The molecule has 0 aromatic carbocycles. The van der Waals surface area contributed by atoms with Crippen molar-refractivity contribution in [1.29, 1.82) is 0 Å². The van der Waals surface area contributed by atoms with Gasteiger partial charge in [-0.05, 0) is 83.5 Å². The maximum Gasteiger partial charge on any atom is 0.472 e. The monoisotopic (exact) mass is 894 g/mol. The molecule has 3 atom stereocenters. The number of carbonyl (C=O) groups excluding carboxylic acids is 2. The maximum atomic E-state index is 12.3. The molecule has 11 nitrogen and oxygen atoms in total. The predicted octanol–water partition coefficient (Wildman–Crippen LogP) is 13.1. The van der Waals surface area contributed by atoms with Crippen molar-refractivity contribution in [3.63, 3.8) is 0 Å². The average molecular weight is 894 g/mol. The second-order valence-corrected chi connectivity index (χ2v) is 17.7. The molecule has 0 rings (SSSR count). The molecule has 62 heavy (non-hydrogen) atoms. The summed E-state index contributed by atoms with van der Waals surface area (Å²) >= 11 is 0. The fourth-order valence-corrected chi connectivity index (χ4v) is 7.24. The summed E-state index contributed by atoms with van der Waals surface area (Å²) in [7, 11) is -4.77. The van der Waals surface area contributed by atoms with E-state index in [0.29, 0.717) is 12.8 Å². The largest absolute Gasteiger partial charge is 0.480 e. The molecule has 3 unspecified atom stereocenters. The van der Waals surface area contributed by atoms with Crippen LogP contribution in [0.4, 0.5) is 0 Å². The number of esters is 1. The summed E-state index contributed by atoms with van der Waals surface area (Å²) in [5, 5.41) is 21.9. The summed E-state index contributed by atoms with van der Waals surface area (Å²) < 4.78 is 26.9. The number of nitrogens with one attached hydrogen (secondary N) is 1. The number of hydrogen-bond acceptors (Lipinski definition) is 8. The van der Waals surface area contributed by atoms with E-state index in [1.165, 1.54) is 83.5 Å². The number of rotatable bonds is 45. The lowest BCUT2D eigenvalue weighted by atomic mass is 10.1. The normalized spacial score (nSPS) is 14.1. The fraction of sp³-hybridized carbons (Fsp3) is 0.740. The summed E-state index contributed by atoms with van der Waals surface area (Å²) in [6.45, 7) is 2.55. The highest BCUT2D eigenvalue weighted by Gasteiger charge is 2.28. The lowest BCUT2D eigenvalue weighted by molar-refractivity contribution is -0.147. The van der Waals surface area contributed by atoms with E-state index in [-0.39, 0.29) is 12.8 Å². The van der Waals surface area contributed by atoms with Gasteiger partial charge in [-0.3, -0.25) is 18.6 Å². The average Bonchev–Trinajstić information content (AvgIpc) is 3.25. The van der Waals surface area contributed by atoms with Gasteiger partial charge >= 0.3 is 19.8 Å². The number of ether oxygens (including phenoxy) is 1. The Bertz CT molecular complexity index is 1280. The van der Waals surface area contributed by atoms with Crippen molar-refractivity contribution in [2.24, 2.45) is 0 Å². The van der Waals surface area contributed by atoms with E-state index in [2.05, 4.69) is 79.9 Å². The van der Waals surface area contributed by atoms with E-state index < -0.39 is 57.6 Å². The zero-order valence-corrected chi connectivity index (χ0v) is 39.8. The Kier molecular flexibility index (Phi) is 42.7. The van der Waals surface area contributed by atoms with Crippen LogP contribution in [0.25, 0.3) is 0 Å². The molecule has 0 aromatic heterocycles. The summed E-state index contributed by atoms with van der Waals surface area (Å²) in [4.78, 5) is 46.0. The third-order valence-corrected chi connectivity index (χ3v) is 11.2. The van der Waals surface area contributed by atoms with Crippen molar-refractivity contribution in [3.8, 4) is 0 Å². The van der Waals surface area contributed by atoms with Gasteiger partial charge in [-0.2, -0.15) is 0 Å². The van der Waals surface area contributed by atoms with Crippen molar-refractivity contribution in [2.75, 3.05) is 19.8 Å². The second-order valence-electron chi connectivity index (χ2n) is 16.3. The number of allylic oxidation sites excluding steroid dienone is 10. The molecule has 0 fully saturated rings. The quantitative estimate of drug-likeness (QED) is 0.0200. The van der Waals surface area contributed by atoms with Gasteiger partial charge in [-0.1, -0.05) is 171 Å². The highest BCUT2D eigenvalue weighted by Crippen LogP contribution is 2.43. The predicted molar refractivity (Wildman–Crippen MR) is 254 cm³/mol. The number of carboxylic acids is 1. The molecule has 0 aliphatic heterocycles. The molecular formula is C50H88NO10P. The highest BCUT2D eigenvalue weighted by molar-refractivity contribution is 7.47. The second kappa shape index (κ2) is 44.8. The van der Waals surface area contributed by atoms with E-state index in [1.807, 2.05) is 0 Å². The van der Waals surface area contributed by atoms with E-state index in [4.69, 9.17) is 13.8 Å². The minimum Gasteiger partial charge on any atom is -0.480 e. The Labute approximate surface area is 376 Å². The Morgan fingerprint density at radius 1 is 0.516 bits per heavy atom. The molecule has 0 spiro atoms. The first-order chi connectivity index (χ1) is 30.1. The van der Waals surface area contributed by atoms with Crippen LogP contribution in [0.15, 0.2) is 60.8 Å². The third-order valence-electron chi connectivity index (χ3n) is 10.3. The van der Waals surface area contributed by atoms with Crippen LogP contribution in [0.1, 0.15) is 206 Å². The van der Waals surface area contributed by atoms with Crippen LogP contribution in [0, 0.1) is 0 Å². The van der Waals surface area contributed by atoms with Gasteiger partial charge < -0.3 is 25.2 Å². The van der Waals surface area contributed by atoms with Crippen molar-refractivity contribution in [2.45, 2.75) is 219 Å². The zero-order valence-electron chi connectivity index (χ0n) is 38.9. The van der Waals surface area contributed by atoms with Gasteiger partial charge in [0.15, 0.2) is 6.04 Å². The number of hydrogen-bond donors (Lipinski definition) is 4. The molecule has 4 N–H and O–H groups in total. The van der Waals surface area contributed by atoms with Gasteiger partial charge in [0.05, 0.1) is 13.2 Å². The maximum absolute atomic E-state index is 12.3. The summed E-state index contributed by atoms with van der Waals surface area (Å²) in [6.07, 6.45) is 52.3. The van der Waals surface area contributed by atoms with Gasteiger partial charge in [-0.15, -0.1) is 0 Å². The van der Waals surface area contributed by atoms with Crippen molar-refractivity contribution < 1.29 is 47.8 Å². The molecule has 12 heteroatoms. The minimum atomic E-state index is -4.77. The van der Waals surface area contributed by atoms with Crippen LogP contribution in [-0.2, 0) is 32.7 Å². The topological polar surface area (TPSA) is 169 Å². The summed E-state index contributed by atoms with van der Waals surface area (Å²) in [5.74, 6) is -2.40. The number of phosphoric ester groups is 1. The van der Waals surface area contributed by atoms with Crippen LogP contribution in [0.3, 0.4) is 0 Å². The van der Waals surface area contributed by atoms with Crippen molar-refractivity contribution in [3.05, 3.63) is 60.8 Å². The summed E-state index contributed by atoms with van der Waals surface area (Å²) in [6, 6.07) is -1.55. The fourth-order valence-electron chi connectivity index (χ4n) is 6.47. The molecule has 0 saturated heterocycles. The first-order valence-electron chi connectivity index (χ1n) is 24.3. The highest BCUT2D eigenvalue weighted by atomic mass is 31.2. The Morgan fingerprint density at radius 2 is 0.887 bits per heavy atom. The molecule has 0 aromatic rings. The van der Waals surface area contributed by atoms with Gasteiger partial charge in [0, 0.05) is 12.8 Å². The first kappa shape index (κ1) is 59.2. The van der Waals surface area contributed by atoms with Gasteiger partial charge in [0.2, 0.25) is 5.91 Å². The van der Waals surface area contributed by atoms with E-state index in [1.54, 1.807) is 0 Å². The van der Waals surface area contributed by atoms with Crippen LogP contribution >= 0.6 is 7.82 Å². The Hall–Kier alpha value is -2.82. The number of aliphatic carboxylic acids is 1. The molecule has 0 saturated carbocycles. The van der Waals surface area contributed by atoms with E-state index in [9.17, 15) is 34.1 Å². The number of carbonyl (C=O) groups is 3. The van der Waals surface area contributed by atoms with Gasteiger partial charge in [-0.25, -0.2) is 9.36 Å². The molecule has 358 valence electrons. The third kappa shape index (κ3) is 43.8. The Balaban J connectivity index is 3.90. The molecule has 0 radical (unpaired) electrons. The Morgan fingerprint density at radius 3 is 1.37 bits per heavy atom. The van der Waals surface area contributed by atoms with Crippen molar-refractivity contribution in [1.82, 2.24) is 5.32 Å². The molecule has 0 bridgehead atoms. The zero-order chi connectivity index (χ0) is 45.6. The van der Waals surface area contributed by atoms with Crippen LogP contribution in [-0.4, -0.2) is 64.9 Å². The van der Waals surface area contributed by atoms with Crippen LogP contribution < -0.4 is 5.32 Å². The first-order valence-corrected chi connectivity index (χ1v) is 25.8. The molecule has 0 aliphatic rings. The smallest absolute Gasteiger partial charge is 0.472 e. The van der Waals surface area contributed by atoms with Crippen molar-refractivity contribution >= 4 is 25.7 Å². The molecular weight excluding hydrogens is 806 g/mol. The number of aliphatic hydroxyl groups excluding tert-OH is 1. The number of amides is 1. The number of phosphoric acid groups is 1. The minimum absolute atomic E-state index is 0.138. The van der Waals surface area contributed by atoms with E-state index >= 15 is 0 Å².